The van der Waals surface area contributed by atoms with Gasteiger partial charge in [-0.15, -0.1) is 0 Å². The van der Waals surface area contributed by atoms with Crippen molar-refractivity contribution in [2.75, 3.05) is 0 Å². The van der Waals surface area contributed by atoms with E-state index in [4.69, 9.17) is 0 Å². The lowest BCUT2D eigenvalue weighted by Crippen LogP contribution is -2.15. The first-order chi connectivity index (χ1) is 35.4. The van der Waals surface area contributed by atoms with Crippen molar-refractivity contribution < 1.29 is 0 Å². The summed E-state index contributed by atoms with van der Waals surface area (Å²) < 4.78 is 2.53. The number of hydrogen-bond donors (Lipinski definition) is 0. The maximum absolute atomic E-state index is 2.53. The van der Waals surface area contributed by atoms with Gasteiger partial charge in [0, 0.05) is 16.5 Å². The molecule has 0 radical (unpaired) electrons. The Morgan fingerprint density at radius 2 is 0.480 bits per heavy atom. The van der Waals surface area contributed by atoms with Crippen LogP contribution in [0.5, 0.6) is 0 Å². The normalized spacial score (nSPS) is 12.7. The van der Waals surface area contributed by atoms with Gasteiger partial charge in [0.1, 0.15) is 0 Å². The summed E-state index contributed by atoms with van der Waals surface area (Å²) in [5.41, 5.74) is 24.9. The Labute approximate surface area is 449 Å². The second-order valence-electron chi connectivity index (χ2n) is 26.3. The van der Waals surface area contributed by atoms with E-state index in [0.717, 1.165) is 0 Å². The summed E-state index contributed by atoms with van der Waals surface area (Å²) in [6.45, 7) is 34.9. The van der Waals surface area contributed by atoms with Gasteiger partial charge in [0.05, 0.1) is 11.0 Å². The molecule has 1 heteroatoms. The Morgan fingerprint density at radius 1 is 0.227 bits per heavy atom. The predicted octanol–water partition coefficient (Wildman–Crippen LogP) is 21.3. The van der Waals surface area contributed by atoms with E-state index in [2.05, 4.69) is 303 Å². The standard InChI is InChI=1S/C74H77N/c1-70(2,3)62-30-20-16-26-56(62)52-40-50(41-53(44-52)57-27-17-21-31-63(57)71(4,5)6)48-36-38-67-60(46-48)61-47-49(37-39-68(61)75(67)69-35-25-24-34-66(69)74(13,14)15)51-42-54(58-28-18-22-32-64(58)72(7,8)9)45-55(43-51)59-29-19-23-33-65(59)73(10,11)12/h16-47H,1-15H3. The lowest BCUT2D eigenvalue weighted by molar-refractivity contribution is 0.587. The number of aromatic nitrogens is 1. The van der Waals surface area contributed by atoms with Crippen molar-refractivity contribution in [1.29, 1.82) is 0 Å². The van der Waals surface area contributed by atoms with Gasteiger partial charge in [0.15, 0.2) is 0 Å². The van der Waals surface area contributed by atoms with E-state index in [0.29, 0.717) is 0 Å². The molecule has 378 valence electrons. The highest BCUT2D eigenvalue weighted by atomic mass is 15.0. The predicted molar refractivity (Wildman–Crippen MR) is 327 cm³/mol. The zero-order valence-electron chi connectivity index (χ0n) is 47.4. The van der Waals surface area contributed by atoms with Gasteiger partial charge in [-0.3, -0.25) is 0 Å². The quantitative estimate of drug-likeness (QED) is 0.150. The van der Waals surface area contributed by atoms with Gasteiger partial charge in [-0.1, -0.05) is 231 Å². The lowest BCUT2D eigenvalue weighted by atomic mass is 9.79. The molecule has 1 heterocycles. The van der Waals surface area contributed by atoms with Gasteiger partial charge in [-0.05, 0) is 188 Å². The molecule has 0 unspecified atom stereocenters. The van der Waals surface area contributed by atoms with Crippen LogP contribution in [0, 0.1) is 0 Å². The second-order valence-corrected chi connectivity index (χ2v) is 26.3. The highest BCUT2D eigenvalue weighted by Crippen LogP contribution is 2.46. The van der Waals surface area contributed by atoms with Gasteiger partial charge in [-0.25, -0.2) is 0 Å². The summed E-state index contributed by atoms with van der Waals surface area (Å²) in [4.78, 5) is 0. The molecule has 0 aliphatic carbocycles. The first-order valence-corrected chi connectivity index (χ1v) is 27.2. The minimum Gasteiger partial charge on any atom is -0.309 e. The third-order valence-corrected chi connectivity index (χ3v) is 15.4. The average Bonchev–Trinajstić information content (AvgIpc) is 3.70. The van der Waals surface area contributed by atoms with Crippen molar-refractivity contribution in [2.24, 2.45) is 0 Å². The molecule has 0 spiro atoms. The molecule has 0 N–H and O–H groups in total. The Morgan fingerprint density at radius 3 is 0.773 bits per heavy atom. The Bertz CT molecular complexity index is 3410. The van der Waals surface area contributed by atoms with E-state index < -0.39 is 0 Å². The fourth-order valence-electron chi connectivity index (χ4n) is 11.7. The largest absolute Gasteiger partial charge is 0.309 e. The lowest BCUT2D eigenvalue weighted by Gasteiger charge is -2.25. The smallest absolute Gasteiger partial charge is 0.0541 e. The molecule has 1 nitrogen and oxygen atoms in total. The Balaban J connectivity index is 1.27. The molecule has 0 fully saturated rings. The molecule has 10 rings (SSSR count). The van der Waals surface area contributed by atoms with Crippen LogP contribution in [0.1, 0.15) is 132 Å². The van der Waals surface area contributed by atoms with Crippen LogP contribution in [0.25, 0.3) is 94.3 Å². The molecule has 10 aromatic rings. The van der Waals surface area contributed by atoms with Gasteiger partial charge in [0.25, 0.3) is 0 Å². The van der Waals surface area contributed by atoms with Crippen molar-refractivity contribution in [1.82, 2.24) is 4.57 Å². The van der Waals surface area contributed by atoms with E-state index in [1.807, 2.05) is 0 Å². The van der Waals surface area contributed by atoms with Crippen molar-refractivity contribution in [3.05, 3.63) is 222 Å². The summed E-state index contributed by atoms with van der Waals surface area (Å²) in [5, 5.41) is 2.47. The highest BCUT2D eigenvalue weighted by molar-refractivity contribution is 6.12. The van der Waals surface area contributed by atoms with Crippen LogP contribution in [0.4, 0.5) is 0 Å². The van der Waals surface area contributed by atoms with Gasteiger partial charge in [0.2, 0.25) is 0 Å². The average molecular weight is 980 g/mol. The highest BCUT2D eigenvalue weighted by Gasteiger charge is 2.26. The summed E-state index contributed by atoms with van der Waals surface area (Å²) >= 11 is 0. The van der Waals surface area contributed by atoms with Crippen LogP contribution in [-0.4, -0.2) is 4.57 Å². The molecule has 0 aliphatic rings. The number of hydrogen-bond acceptors (Lipinski definition) is 0. The summed E-state index contributed by atoms with van der Waals surface area (Å²) in [5.74, 6) is 0. The fourth-order valence-corrected chi connectivity index (χ4v) is 11.7. The molecule has 0 aliphatic heterocycles. The van der Waals surface area contributed by atoms with E-state index >= 15 is 0 Å². The summed E-state index contributed by atoms with van der Waals surface area (Å²) in [6, 6.07) is 74.1. The Hall–Kier alpha value is -7.22. The molecule has 0 saturated carbocycles. The molecule has 9 aromatic carbocycles. The molecule has 1 aromatic heterocycles. The molecule has 0 amide bonds. The minimum atomic E-state index is -0.0769. The Kier molecular flexibility index (Phi) is 12.9. The molecular weight excluding hydrogens is 903 g/mol. The monoisotopic (exact) mass is 980 g/mol. The van der Waals surface area contributed by atoms with Crippen molar-refractivity contribution >= 4 is 21.8 Å². The van der Waals surface area contributed by atoms with E-state index in [1.165, 1.54) is 122 Å². The number of benzene rings is 9. The zero-order valence-corrected chi connectivity index (χ0v) is 47.4. The van der Waals surface area contributed by atoms with Gasteiger partial charge >= 0.3 is 0 Å². The number of nitrogens with zero attached hydrogens (tertiary/aromatic N) is 1. The molecular formula is C74H77N. The van der Waals surface area contributed by atoms with Crippen LogP contribution >= 0.6 is 0 Å². The van der Waals surface area contributed by atoms with Gasteiger partial charge < -0.3 is 4.57 Å². The van der Waals surface area contributed by atoms with Crippen LogP contribution in [0.3, 0.4) is 0 Å². The SMILES string of the molecule is CC(C)(C)c1ccccc1-c1cc(-c2ccc3c(c2)c2cc(-c4cc(-c5ccccc5C(C)(C)C)cc(-c5ccccc5C(C)(C)C)c4)ccc2n3-c2ccccc2C(C)(C)C)cc(-c2ccccc2C(C)(C)C)c1. The second kappa shape index (κ2) is 18.9. The fraction of sp³-hybridized carbons (Fsp3) is 0.270. The third-order valence-electron chi connectivity index (χ3n) is 15.4. The molecule has 0 bridgehead atoms. The number of fused-ring (bicyclic) bond motifs is 3. The van der Waals surface area contributed by atoms with Gasteiger partial charge in [-0.2, -0.15) is 0 Å². The van der Waals surface area contributed by atoms with Crippen molar-refractivity contribution in [3.8, 4) is 72.4 Å². The molecule has 0 atom stereocenters. The van der Waals surface area contributed by atoms with E-state index in [1.54, 1.807) is 0 Å². The van der Waals surface area contributed by atoms with Crippen LogP contribution in [0.15, 0.2) is 194 Å². The summed E-state index contributed by atoms with van der Waals surface area (Å²) in [6.07, 6.45) is 0. The first kappa shape index (κ1) is 51.3. The maximum atomic E-state index is 2.53. The third kappa shape index (κ3) is 9.96. The molecule has 0 saturated heterocycles. The van der Waals surface area contributed by atoms with Crippen molar-refractivity contribution in [3.63, 3.8) is 0 Å². The van der Waals surface area contributed by atoms with Crippen LogP contribution in [0.2, 0.25) is 0 Å². The van der Waals surface area contributed by atoms with Crippen LogP contribution in [-0.2, 0) is 27.1 Å². The van der Waals surface area contributed by atoms with Crippen molar-refractivity contribution in [2.45, 2.75) is 131 Å². The summed E-state index contributed by atoms with van der Waals surface area (Å²) in [7, 11) is 0. The van der Waals surface area contributed by atoms with Crippen LogP contribution < -0.4 is 0 Å². The molecule has 75 heavy (non-hydrogen) atoms. The van der Waals surface area contributed by atoms with E-state index in [-0.39, 0.29) is 27.1 Å². The number of rotatable bonds is 7. The maximum Gasteiger partial charge on any atom is 0.0541 e. The zero-order chi connectivity index (χ0) is 53.4. The number of para-hydroxylation sites is 1. The topological polar surface area (TPSA) is 4.93 Å². The van der Waals surface area contributed by atoms with E-state index in [9.17, 15) is 0 Å². The minimum absolute atomic E-state index is 0.0376. The first-order valence-electron chi connectivity index (χ1n) is 27.2.